The number of carbonyl (C=O) groups is 1. The molecule has 1 aromatic rings. The monoisotopic (exact) mass is 155 g/mol. The highest BCUT2D eigenvalue weighted by Gasteiger charge is 2.02. The maximum Gasteiger partial charge on any atom is 0.303 e. The summed E-state index contributed by atoms with van der Waals surface area (Å²) in [7, 11) is 0. The van der Waals surface area contributed by atoms with E-state index in [-0.39, 0.29) is 6.42 Å². The summed E-state index contributed by atoms with van der Waals surface area (Å²) < 4.78 is 4.75. The fraction of sp³-hybridized carbons (Fsp3) is 0.429. The molecule has 0 atom stereocenters. The second kappa shape index (κ2) is 3.18. The topological polar surface area (TPSA) is 63.3 Å². The van der Waals surface area contributed by atoms with Crippen LogP contribution in [0.4, 0.5) is 0 Å². The van der Waals surface area contributed by atoms with E-state index in [1.165, 1.54) is 0 Å². The summed E-state index contributed by atoms with van der Waals surface area (Å²) in [5.41, 5.74) is 0.699. The lowest BCUT2D eigenvalue weighted by Crippen LogP contribution is -1.97. The number of carboxylic acids is 1. The minimum Gasteiger partial charge on any atom is -0.481 e. The van der Waals surface area contributed by atoms with E-state index < -0.39 is 5.97 Å². The second-order valence-corrected chi connectivity index (χ2v) is 2.32. The van der Waals surface area contributed by atoms with Gasteiger partial charge in [-0.1, -0.05) is 5.16 Å². The average Bonchev–Trinajstić information content (AvgIpc) is 2.31. The van der Waals surface area contributed by atoms with Gasteiger partial charge in [0.15, 0.2) is 0 Å². The van der Waals surface area contributed by atoms with Gasteiger partial charge in [-0.2, -0.15) is 0 Å². The number of hydrogen-bond acceptors (Lipinski definition) is 3. The molecule has 0 spiro atoms. The predicted octanol–water partition coefficient (Wildman–Crippen LogP) is 1.00. The summed E-state index contributed by atoms with van der Waals surface area (Å²) in [5.74, 6) is -0.101. The van der Waals surface area contributed by atoms with E-state index in [2.05, 4.69) is 5.16 Å². The van der Waals surface area contributed by atoms with Crippen molar-refractivity contribution in [3.63, 3.8) is 0 Å². The van der Waals surface area contributed by atoms with E-state index in [0.29, 0.717) is 17.9 Å². The first-order chi connectivity index (χ1) is 5.18. The highest BCUT2D eigenvalue weighted by atomic mass is 16.5. The minimum absolute atomic E-state index is 0.103. The Balaban J connectivity index is 2.45. The molecule has 4 nitrogen and oxygen atoms in total. The number of aryl methyl sites for hydroxylation is 2. The van der Waals surface area contributed by atoms with E-state index >= 15 is 0 Å². The second-order valence-electron chi connectivity index (χ2n) is 2.32. The molecule has 11 heavy (non-hydrogen) atoms. The van der Waals surface area contributed by atoms with Crippen LogP contribution in [0.2, 0.25) is 0 Å². The van der Waals surface area contributed by atoms with Crippen LogP contribution in [0.15, 0.2) is 10.6 Å². The number of nitrogens with zero attached hydrogens (tertiary/aromatic N) is 1. The van der Waals surface area contributed by atoms with Crippen LogP contribution >= 0.6 is 0 Å². The standard InChI is InChI=1S/C7H9NO3/c1-5-4-6(8-11-5)2-3-7(9)10/h4H,2-3H2,1H3,(H,9,10). The zero-order valence-corrected chi connectivity index (χ0v) is 6.20. The van der Waals surface area contributed by atoms with Crippen molar-refractivity contribution in [2.75, 3.05) is 0 Å². The van der Waals surface area contributed by atoms with Crippen LogP contribution in [0.1, 0.15) is 17.9 Å². The highest BCUT2D eigenvalue weighted by molar-refractivity contribution is 5.66. The highest BCUT2D eigenvalue weighted by Crippen LogP contribution is 2.03. The molecule has 0 amide bonds. The van der Waals surface area contributed by atoms with E-state index in [9.17, 15) is 4.79 Å². The fourth-order valence-electron chi connectivity index (χ4n) is 0.771. The van der Waals surface area contributed by atoms with E-state index in [4.69, 9.17) is 9.63 Å². The molecule has 0 aliphatic carbocycles. The van der Waals surface area contributed by atoms with Crippen LogP contribution in [0.5, 0.6) is 0 Å². The predicted molar refractivity (Wildman–Crippen MR) is 37.2 cm³/mol. The molecule has 0 aliphatic rings. The molecule has 4 heteroatoms. The molecule has 0 saturated carbocycles. The summed E-state index contributed by atoms with van der Waals surface area (Å²) in [6.45, 7) is 1.78. The number of hydrogen-bond donors (Lipinski definition) is 1. The van der Waals surface area contributed by atoms with Gasteiger partial charge >= 0.3 is 5.97 Å². The van der Waals surface area contributed by atoms with Crippen LogP contribution in [-0.4, -0.2) is 16.2 Å². The van der Waals surface area contributed by atoms with Gasteiger partial charge in [0.05, 0.1) is 12.1 Å². The normalized spacial score (nSPS) is 9.91. The van der Waals surface area contributed by atoms with Crippen molar-refractivity contribution < 1.29 is 14.4 Å². The van der Waals surface area contributed by atoms with Gasteiger partial charge in [-0.05, 0) is 6.92 Å². The fourth-order valence-corrected chi connectivity index (χ4v) is 0.771. The molecule has 0 fully saturated rings. The molecule has 0 saturated heterocycles. The van der Waals surface area contributed by atoms with Crippen molar-refractivity contribution in [2.24, 2.45) is 0 Å². The number of aliphatic carboxylic acids is 1. The number of rotatable bonds is 3. The van der Waals surface area contributed by atoms with Crippen LogP contribution < -0.4 is 0 Å². The molecule has 60 valence electrons. The molecule has 1 aromatic heterocycles. The molecule has 0 aliphatic heterocycles. The average molecular weight is 155 g/mol. The van der Waals surface area contributed by atoms with Crippen molar-refractivity contribution in [1.82, 2.24) is 5.16 Å². The Hall–Kier alpha value is -1.32. The molecule has 1 heterocycles. The lowest BCUT2D eigenvalue weighted by atomic mass is 10.2. The van der Waals surface area contributed by atoms with Crippen molar-refractivity contribution in [2.45, 2.75) is 19.8 Å². The van der Waals surface area contributed by atoms with Crippen molar-refractivity contribution in [3.8, 4) is 0 Å². The van der Waals surface area contributed by atoms with Crippen LogP contribution in [0.3, 0.4) is 0 Å². The van der Waals surface area contributed by atoms with Crippen molar-refractivity contribution >= 4 is 5.97 Å². The van der Waals surface area contributed by atoms with E-state index in [1.54, 1.807) is 13.0 Å². The maximum absolute atomic E-state index is 10.1. The van der Waals surface area contributed by atoms with Crippen molar-refractivity contribution in [1.29, 1.82) is 0 Å². The molecule has 1 N–H and O–H groups in total. The molecule has 0 bridgehead atoms. The zero-order chi connectivity index (χ0) is 8.27. The molecule has 0 radical (unpaired) electrons. The summed E-state index contributed by atoms with van der Waals surface area (Å²) in [5, 5.41) is 12.0. The van der Waals surface area contributed by atoms with Gasteiger partial charge in [-0.15, -0.1) is 0 Å². The summed E-state index contributed by atoms with van der Waals surface area (Å²) in [6, 6.07) is 1.74. The molecular weight excluding hydrogens is 146 g/mol. The third-order valence-electron chi connectivity index (χ3n) is 1.27. The first kappa shape index (κ1) is 7.78. The SMILES string of the molecule is Cc1cc(CCC(=O)O)no1. The van der Waals surface area contributed by atoms with Gasteiger partial charge in [0.2, 0.25) is 0 Å². The van der Waals surface area contributed by atoms with Gasteiger partial charge in [-0.25, -0.2) is 0 Å². The van der Waals surface area contributed by atoms with Crippen LogP contribution in [-0.2, 0) is 11.2 Å². The smallest absolute Gasteiger partial charge is 0.303 e. The Bertz CT molecular complexity index is 254. The first-order valence-electron chi connectivity index (χ1n) is 3.32. The summed E-state index contributed by atoms with van der Waals surface area (Å²) >= 11 is 0. The molecular formula is C7H9NO3. The van der Waals surface area contributed by atoms with Gasteiger partial charge in [0.1, 0.15) is 5.76 Å². The number of carboxylic acid groups (broad SMARTS) is 1. The van der Waals surface area contributed by atoms with Gasteiger partial charge < -0.3 is 9.63 Å². The lowest BCUT2D eigenvalue weighted by Gasteiger charge is -1.87. The van der Waals surface area contributed by atoms with E-state index in [1.807, 2.05) is 0 Å². The van der Waals surface area contributed by atoms with Gasteiger partial charge in [0.25, 0.3) is 0 Å². The quantitative estimate of drug-likeness (QED) is 0.707. The maximum atomic E-state index is 10.1. The molecule has 1 rings (SSSR count). The first-order valence-corrected chi connectivity index (χ1v) is 3.32. The van der Waals surface area contributed by atoms with Gasteiger partial charge in [0, 0.05) is 12.5 Å². The largest absolute Gasteiger partial charge is 0.481 e. The third kappa shape index (κ3) is 2.41. The Morgan fingerprint density at radius 2 is 2.55 bits per heavy atom. The minimum atomic E-state index is -0.814. The Morgan fingerprint density at radius 3 is 3.00 bits per heavy atom. The van der Waals surface area contributed by atoms with Crippen molar-refractivity contribution in [3.05, 3.63) is 17.5 Å². The Labute approximate surface area is 63.8 Å². The Kier molecular flexibility index (Phi) is 2.25. The summed E-state index contributed by atoms with van der Waals surface area (Å²) in [6.07, 6.45) is 0.540. The van der Waals surface area contributed by atoms with Crippen LogP contribution in [0, 0.1) is 6.92 Å². The zero-order valence-electron chi connectivity index (χ0n) is 6.20. The molecule has 0 unspecified atom stereocenters. The third-order valence-corrected chi connectivity index (χ3v) is 1.27. The summed E-state index contributed by atoms with van der Waals surface area (Å²) in [4.78, 5) is 10.1. The Morgan fingerprint density at radius 1 is 1.82 bits per heavy atom. The van der Waals surface area contributed by atoms with Crippen LogP contribution in [0.25, 0.3) is 0 Å². The van der Waals surface area contributed by atoms with E-state index in [0.717, 1.165) is 0 Å². The van der Waals surface area contributed by atoms with Gasteiger partial charge in [-0.3, -0.25) is 4.79 Å². The molecule has 0 aromatic carbocycles. The number of aromatic nitrogens is 1. The lowest BCUT2D eigenvalue weighted by molar-refractivity contribution is -0.136.